The fraction of sp³-hybridized carbons (Fsp3) is 0.871. The molecule has 0 amide bonds. The first-order valence-corrected chi connectivity index (χ1v) is 14.0. The van der Waals surface area contributed by atoms with Gasteiger partial charge in [-0.25, -0.2) is 0 Å². The first-order valence-electron chi connectivity index (χ1n) is 14.0. The Labute approximate surface area is 207 Å². The van der Waals surface area contributed by atoms with Crippen LogP contribution < -0.4 is 0 Å². The van der Waals surface area contributed by atoms with E-state index in [1.165, 1.54) is 5.57 Å². The monoisotopic (exact) mass is 468 g/mol. The molecule has 0 aromatic rings. The molecule has 4 saturated carbocycles. The van der Waals surface area contributed by atoms with Gasteiger partial charge >= 0.3 is 5.97 Å². The second-order valence-corrected chi connectivity index (χ2v) is 15.5. The van der Waals surface area contributed by atoms with Gasteiger partial charge in [-0.1, -0.05) is 67.0 Å². The van der Waals surface area contributed by atoms with Gasteiger partial charge in [0.25, 0.3) is 0 Å². The van der Waals surface area contributed by atoms with Crippen LogP contribution in [0.25, 0.3) is 0 Å². The first kappa shape index (κ1) is 24.6. The number of carboxylic acids is 1. The third kappa shape index (κ3) is 2.66. The topological polar surface area (TPSA) is 54.4 Å². The minimum Gasteiger partial charge on any atom is -0.481 e. The summed E-state index contributed by atoms with van der Waals surface area (Å²) in [5.41, 5.74) is 0.839. The molecule has 0 radical (unpaired) electrons. The molecule has 0 spiro atoms. The van der Waals surface area contributed by atoms with E-state index in [0.29, 0.717) is 24.0 Å². The van der Waals surface area contributed by atoms with Crippen molar-refractivity contribution in [2.24, 2.45) is 49.7 Å². The standard InChI is InChI=1S/C31H48O3/c1-25(2)15-17-31(24(33)34)18-16-29(7)22(30(31,8)19-25)10-9-21-27(5)13-12-23(32)26(3,4)20(27)11-14-28(21,29)6/h10,20-21H,9,11-19H2,1-8H3,(H,33,34)/t20-,21+,27-,28+,29+,30-,31+/m0/s1. The van der Waals surface area contributed by atoms with Gasteiger partial charge in [0.2, 0.25) is 0 Å². The quantitative estimate of drug-likeness (QED) is 0.399. The molecule has 4 fully saturated rings. The summed E-state index contributed by atoms with van der Waals surface area (Å²) in [4.78, 5) is 25.9. The summed E-state index contributed by atoms with van der Waals surface area (Å²) >= 11 is 0. The Kier molecular flexibility index (Phi) is 4.91. The number of aliphatic carboxylic acids is 1. The molecule has 5 aliphatic rings. The Morgan fingerprint density at radius 2 is 1.50 bits per heavy atom. The van der Waals surface area contributed by atoms with Crippen molar-refractivity contribution >= 4 is 11.8 Å². The number of carbonyl (C=O) groups excluding carboxylic acids is 1. The van der Waals surface area contributed by atoms with Crippen molar-refractivity contribution in [3.63, 3.8) is 0 Å². The minimum absolute atomic E-state index is 0.0244. The van der Waals surface area contributed by atoms with Crippen molar-refractivity contribution in [1.82, 2.24) is 0 Å². The van der Waals surface area contributed by atoms with Crippen molar-refractivity contribution in [1.29, 1.82) is 0 Å². The highest BCUT2D eigenvalue weighted by molar-refractivity contribution is 5.85. The number of fused-ring (bicyclic) bond motifs is 7. The van der Waals surface area contributed by atoms with E-state index in [9.17, 15) is 14.7 Å². The number of hydrogen-bond donors (Lipinski definition) is 1. The lowest BCUT2D eigenvalue weighted by Crippen LogP contribution is -2.66. The van der Waals surface area contributed by atoms with Crippen LogP contribution in [0.2, 0.25) is 0 Å². The van der Waals surface area contributed by atoms with Crippen molar-refractivity contribution in [3.8, 4) is 0 Å². The van der Waals surface area contributed by atoms with Crippen LogP contribution in [0.5, 0.6) is 0 Å². The molecular formula is C31H48O3. The Morgan fingerprint density at radius 3 is 2.15 bits per heavy atom. The molecule has 5 aliphatic carbocycles. The number of ketones is 1. The molecule has 3 heteroatoms. The van der Waals surface area contributed by atoms with E-state index >= 15 is 0 Å². The normalized spacial score (nSPS) is 51.3. The summed E-state index contributed by atoms with van der Waals surface area (Å²) in [6.45, 7) is 19.0. The predicted octanol–water partition coefficient (Wildman–Crippen LogP) is 7.83. The highest BCUT2D eigenvalue weighted by atomic mass is 16.4. The van der Waals surface area contributed by atoms with Gasteiger partial charge in [0.05, 0.1) is 5.41 Å². The van der Waals surface area contributed by atoms with Gasteiger partial charge in [-0.15, -0.1) is 0 Å². The van der Waals surface area contributed by atoms with E-state index in [4.69, 9.17) is 0 Å². The minimum atomic E-state index is -0.628. The number of allylic oxidation sites excluding steroid dienone is 2. The number of rotatable bonds is 1. The van der Waals surface area contributed by atoms with Crippen LogP contribution in [-0.4, -0.2) is 16.9 Å². The Bertz CT molecular complexity index is 973. The van der Waals surface area contributed by atoms with Crippen LogP contribution in [0.4, 0.5) is 0 Å². The highest BCUT2D eigenvalue weighted by Crippen LogP contribution is 2.78. The second kappa shape index (κ2) is 6.80. The van der Waals surface area contributed by atoms with Gasteiger partial charge in [-0.2, -0.15) is 0 Å². The maximum Gasteiger partial charge on any atom is 0.310 e. The fourth-order valence-corrected chi connectivity index (χ4v) is 11.3. The van der Waals surface area contributed by atoms with Crippen LogP contribution in [0.3, 0.4) is 0 Å². The number of carboxylic acid groups (broad SMARTS) is 1. The van der Waals surface area contributed by atoms with Crippen molar-refractivity contribution in [2.75, 3.05) is 0 Å². The molecule has 3 nitrogen and oxygen atoms in total. The molecule has 1 N–H and O–H groups in total. The van der Waals surface area contributed by atoms with E-state index in [2.05, 4.69) is 61.5 Å². The summed E-state index contributed by atoms with van der Waals surface area (Å²) in [5.74, 6) is 0.891. The van der Waals surface area contributed by atoms with E-state index in [0.717, 1.165) is 57.8 Å². The molecule has 190 valence electrons. The number of carbonyl (C=O) groups is 2. The van der Waals surface area contributed by atoms with E-state index < -0.39 is 11.4 Å². The van der Waals surface area contributed by atoms with Gasteiger partial charge in [0, 0.05) is 17.3 Å². The second-order valence-electron chi connectivity index (χ2n) is 15.5. The maximum atomic E-state index is 13.0. The summed E-state index contributed by atoms with van der Waals surface area (Å²) in [6, 6.07) is 0. The zero-order chi connectivity index (χ0) is 25.2. The van der Waals surface area contributed by atoms with Crippen molar-refractivity contribution in [2.45, 2.75) is 120 Å². The van der Waals surface area contributed by atoms with Crippen LogP contribution >= 0.6 is 0 Å². The molecule has 0 unspecified atom stereocenters. The third-order valence-electron chi connectivity index (χ3n) is 13.4. The van der Waals surface area contributed by atoms with Crippen LogP contribution in [0.15, 0.2) is 11.6 Å². The lowest BCUT2D eigenvalue weighted by atomic mass is 9.31. The summed E-state index contributed by atoms with van der Waals surface area (Å²) in [7, 11) is 0. The molecule has 0 aromatic heterocycles. The maximum absolute atomic E-state index is 13.0. The third-order valence-corrected chi connectivity index (χ3v) is 13.4. The predicted molar refractivity (Wildman–Crippen MR) is 136 cm³/mol. The van der Waals surface area contributed by atoms with Gasteiger partial charge in [-0.3, -0.25) is 9.59 Å². The smallest absolute Gasteiger partial charge is 0.310 e. The SMILES string of the molecule is CC1(C)CC[C@]2(C(=O)O)CC[C@]3(C)C(=CC[C@@H]4[C@@]5(C)CCC(=O)C(C)(C)[C@@H]5CC[C@]43C)[C@]2(C)C1. The molecule has 0 aromatic carbocycles. The summed E-state index contributed by atoms with van der Waals surface area (Å²) in [6.07, 6.45) is 12.2. The van der Waals surface area contributed by atoms with Crippen LogP contribution in [-0.2, 0) is 9.59 Å². The molecule has 0 heterocycles. The fourth-order valence-electron chi connectivity index (χ4n) is 11.3. The molecule has 7 atom stereocenters. The van der Waals surface area contributed by atoms with Gasteiger partial charge in [0.1, 0.15) is 5.78 Å². The molecular weight excluding hydrogens is 420 g/mol. The van der Waals surface area contributed by atoms with E-state index in [-0.39, 0.29) is 32.5 Å². The summed E-state index contributed by atoms with van der Waals surface area (Å²) < 4.78 is 0. The number of hydrogen-bond acceptors (Lipinski definition) is 2. The Balaban J connectivity index is 1.65. The van der Waals surface area contributed by atoms with Crippen LogP contribution in [0.1, 0.15) is 120 Å². The lowest BCUT2D eigenvalue weighted by Gasteiger charge is -2.72. The molecule has 0 bridgehead atoms. The highest BCUT2D eigenvalue weighted by Gasteiger charge is 2.72. The molecule has 0 saturated heterocycles. The Morgan fingerprint density at radius 1 is 0.853 bits per heavy atom. The lowest BCUT2D eigenvalue weighted by molar-refractivity contribution is -0.199. The molecule has 5 rings (SSSR count). The van der Waals surface area contributed by atoms with Crippen LogP contribution in [0, 0.1) is 49.7 Å². The zero-order valence-corrected chi connectivity index (χ0v) is 23.1. The first-order chi connectivity index (χ1) is 15.5. The van der Waals surface area contributed by atoms with Gasteiger partial charge in [0.15, 0.2) is 0 Å². The van der Waals surface area contributed by atoms with Crippen molar-refractivity contribution < 1.29 is 14.7 Å². The molecule has 0 aliphatic heterocycles. The van der Waals surface area contributed by atoms with E-state index in [1.54, 1.807) is 0 Å². The Hall–Kier alpha value is -1.12. The average Bonchev–Trinajstić information content (AvgIpc) is 2.70. The zero-order valence-electron chi connectivity index (χ0n) is 23.1. The average molecular weight is 469 g/mol. The van der Waals surface area contributed by atoms with Gasteiger partial charge in [-0.05, 0) is 91.3 Å². The molecule has 34 heavy (non-hydrogen) atoms. The van der Waals surface area contributed by atoms with Crippen molar-refractivity contribution in [3.05, 3.63) is 11.6 Å². The largest absolute Gasteiger partial charge is 0.481 e. The van der Waals surface area contributed by atoms with Gasteiger partial charge < -0.3 is 5.11 Å². The summed E-state index contributed by atoms with van der Waals surface area (Å²) in [5, 5.41) is 10.6. The van der Waals surface area contributed by atoms with E-state index in [1.807, 2.05) is 0 Å². The number of Topliss-reactive ketones (excluding diaryl/α,β-unsaturated/α-hetero) is 1.